The molecule has 0 amide bonds. The first-order valence-corrected chi connectivity index (χ1v) is 7.85. The van der Waals surface area contributed by atoms with Crippen LogP contribution in [-0.2, 0) is 4.74 Å². The smallest absolute Gasteiger partial charge is 0.134 e. The summed E-state index contributed by atoms with van der Waals surface area (Å²) in [6, 6.07) is 7.47. The van der Waals surface area contributed by atoms with Crippen molar-refractivity contribution in [1.82, 2.24) is 5.43 Å². The van der Waals surface area contributed by atoms with Gasteiger partial charge in [-0.1, -0.05) is 24.4 Å². The van der Waals surface area contributed by atoms with Crippen molar-refractivity contribution in [2.24, 2.45) is 5.84 Å². The lowest BCUT2D eigenvalue weighted by Gasteiger charge is -2.35. The van der Waals surface area contributed by atoms with E-state index in [0.717, 1.165) is 42.4 Å². The molecule has 0 aliphatic heterocycles. The quantitative estimate of drug-likeness (QED) is 0.649. The SMILES string of the molecule is CCOC1(C(NN)c2cc3cc(Cl)ccc3o2)CCCC1. The van der Waals surface area contributed by atoms with Crippen LogP contribution in [0.15, 0.2) is 28.7 Å². The molecule has 1 saturated carbocycles. The van der Waals surface area contributed by atoms with Gasteiger partial charge in [-0.15, -0.1) is 0 Å². The monoisotopic (exact) mass is 308 g/mol. The number of hydrazine groups is 1. The maximum absolute atomic E-state index is 6.09. The number of ether oxygens (including phenoxy) is 1. The van der Waals surface area contributed by atoms with E-state index in [-0.39, 0.29) is 11.6 Å². The van der Waals surface area contributed by atoms with Gasteiger partial charge in [-0.05, 0) is 44.0 Å². The zero-order valence-electron chi connectivity index (χ0n) is 12.2. The number of furan rings is 1. The largest absolute Gasteiger partial charge is 0.459 e. The minimum Gasteiger partial charge on any atom is -0.459 e. The van der Waals surface area contributed by atoms with Crippen LogP contribution in [0, 0.1) is 0 Å². The highest BCUT2D eigenvalue weighted by Gasteiger charge is 2.44. The number of fused-ring (bicyclic) bond motifs is 1. The fourth-order valence-corrected chi connectivity index (χ4v) is 3.63. The molecule has 1 heterocycles. The summed E-state index contributed by atoms with van der Waals surface area (Å²) in [5, 5.41) is 1.69. The lowest BCUT2D eigenvalue weighted by atomic mass is 9.90. The molecule has 114 valence electrons. The number of halogens is 1. The van der Waals surface area contributed by atoms with Crippen LogP contribution >= 0.6 is 11.6 Å². The molecule has 0 bridgehead atoms. The Kier molecular flexibility index (Phi) is 4.22. The molecule has 4 nitrogen and oxygen atoms in total. The standard InChI is InChI=1S/C16H21ClN2O2/c1-2-20-16(7-3-4-8-16)15(19-18)14-10-11-9-12(17)5-6-13(11)21-14/h5-6,9-10,15,19H,2-4,7-8,18H2,1H3. The molecule has 1 aliphatic carbocycles. The van der Waals surface area contributed by atoms with Crippen molar-refractivity contribution < 1.29 is 9.15 Å². The number of hydrogen-bond donors (Lipinski definition) is 2. The van der Waals surface area contributed by atoms with Crippen molar-refractivity contribution in [2.45, 2.75) is 44.2 Å². The van der Waals surface area contributed by atoms with Crippen LogP contribution in [0.3, 0.4) is 0 Å². The van der Waals surface area contributed by atoms with Gasteiger partial charge in [0.15, 0.2) is 0 Å². The predicted molar refractivity (Wildman–Crippen MR) is 84.1 cm³/mol. The molecule has 1 aliphatic rings. The highest BCUT2D eigenvalue weighted by molar-refractivity contribution is 6.31. The third-order valence-corrected chi connectivity index (χ3v) is 4.59. The first-order chi connectivity index (χ1) is 10.2. The lowest BCUT2D eigenvalue weighted by molar-refractivity contribution is -0.0668. The molecule has 21 heavy (non-hydrogen) atoms. The maximum Gasteiger partial charge on any atom is 0.134 e. The van der Waals surface area contributed by atoms with E-state index in [2.05, 4.69) is 5.43 Å². The van der Waals surface area contributed by atoms with Gasteiger partial charge < -0.3 is 9.15 Å². The second-order valence-electron chi connectivity index (χ2n) is 5.64. The Bertz CT molecular complexity index is 620. The minimum atomic E-state index is -0.277. The summed E-state index contributed by atoms with van der Waals surface area (Å²) in [4.78, 5) is 0. The van der Waals surface area contributed by atoms with E-state index in [1.54, 1.807) is 0 Å². The van der Waals surface area contributed by atoms with Gasteiger partial charge in [0.25, 0.3) is 0 Å². The Balaban J connectivity index is 2.00. The zero-order valence-corrected chi connectivity index (χ0v) is 13.0. The summed E-state index contributed by atoms with van der Waals surface area (Å²) in [6.07, 6.45) is 4.30. The van der Waals surface area contributed by atoms with Gasteiger partial charge in [0.05, 0.1) is 5.60 Å². The van der Waals surface area contributed by atoms with Crippen molar-refractivity contribution in [1.29, 1.82) is 0 Å². The topological polar surface area (TPSA) is 60.4 Å². The minimum absolute atomic E-state index is 0.147. The third kappa shape index (κ3) is 2.69. The average Bonchev–Trinajstić information content (AvgIpc) is 3.07. The van der Waals surface area contributed by atoms with Crippen molar-refractivity contribution in [3.05, 3.63) is 35.0 Å². The predicted octanol–water partition coefficient (Wildman–Crippen LogP) is 3.94. The molecule has 1 unspecified atom stereocenters. The normalized spacial score (nSPS) is 19.2. The van der Waals surface area contributed by atoms with Crippen LogP contribution in [0.5, 0.6) is 0 Å². The molecule has 1 aromatic carbocycles. The number of benzene rings is 1. The summed E-state index contributed by atoms with van der Waals surface area (Å²) in [5.74, 6) is 6.65. The Morgan fingerprint density at radius 2 is 2.14 bits per heavy atom. The maximum atomic E-state index is 6.09. The molecule has 1 aromatic heterocycles. The molecule has 3 rings (SSSR count). The molecule has 0 radical (unpaired) electrons. The van der Waals surface area contributed by atoms with E-state index >= 15 is 0 Å². The highest BCUT2D eigenvalue weighted by atomic mass is 35.5. The fourth-order valence-electron chi connectivity index (χ4n) is 3.45. The lowest BCUT2D eigenvalue weighted by Crippen LogP contribution is -2.46. The van der Waals surface area contributed by atoms with E-state index in [0.29, 0.717) is 11.6 Å². The summed E-state index contributed by atoms with van der Waals surface area (Å²) < 4.78 is 12.1. The van der Waals surface area contributed by atoms with Gasteiger partial charge in [-0.2, -0.15) is 0 Å². The first kappa shape index (κ1) is 14.9. The number of hydrogen-bond acceptors (Lipinski definition) is 4. The molecule has 1 fully saturated rings. The first-order valence-electron chi connectivity index (χ1n) is 7.47. The van der Waals surface area contributed by atoms with Crippen LogP contribution in [0.25, 0.3) is 11.0 Å². The molecule has 0 saturated heterocycles. The average molecular weight is 309 g/mol. The van der Waals surface area contributed by atoms with Crippen LogP contribution in [0.1, 0.15) is 44.4 Å². The van der Waals surface area contributed by atoms with Crippen molar-refractivity contribution in [2.75, 3.05) is 6.61 Å². The Labute approximate surface area is 129 Å². The molecule has 5 heteroatoms. The van der Waals surface area contributed by atoms with Crippen LogP contribution in [-0.4, -0.2) is 12.2 Å². The van der Waals surface area contributed by atoms with E-state index in [1.165, 1.54) is 0 Å². The number of rotatable bonds is 5. The zero-order chi connectivity index (χ0) is 14.9. The van der Waals surface area contributed by atoms with E-state index in [4.69, 9.17) is 26.6 Å². The van der Waals surface area contributed by atoms with Crippen LogP contribution in [0.2, 0.25) is 5.02 Å². The third-order valence-electron chi connectivity index (χ3n) is 4.36. The van der Waals surface area contributed by atoms with Gasteiger partial charge in [-0.3, -0.25) is 5.84 Å². The van der Waals surface area contributed by atoms with Gasteiger partial charge in [0.1, 0.15) is 17.4 Å². The Morgan fingerprint density at radius 1 is 1.38 bits per heavy atom. The van der Waals surface area contributed by atoms with Gasteiger partial charge in [-0.25, -0.2) is 5.43 Å². The summed E-state index contributed by atoms with van der Waals surface area (Å²) in [6.45, 7) is 2.69. The number of nitrogens with one attached hydrogen (secondary N) is 1. The highest BCUT2D eigenvalue weighted by Crippen LogP contribution is 2.43. The molecule has 0 spiro atoms. The molecule has 3 N–H and O–H groups in total. The Hall–Kier alpha value is -1.07. The summed E-state index contributed by atoms with van der Waals surface area (Å²) >= 11 is 6.04. The Morgan fingerprint density at radius 3 is 2.81 bits per heavy atom. The van der Waals surface area contributed by atoms with E-state index in [1.807, 2.05) is 31.2 Å². The van der Waals surface area contributed by atoms with Crippen LogP contribution in [0.4, 0.5) is 0 Å². The summed E-state index contributed by atoms with van der Waals surface area (Å²) in [7, 11) is 0. The van der Waals surface area contributed by atoms with Crippen molar-refractivity contribution >= 4 is 22.6 Å². The molecule has 2 aromatic rings. The van der Waals surface area contributed by atoms with Gasteiger partial charge in [0, 0.05) is 17.0 Å². The van der Waals surface area contributed by atoms with E-state index < -0.39 is 0 Å². The second kappa shape index (κ2) is 5.97. The van der Waals surface area contributed by atoms with Gasteiger partial charge in [0.2, 0.25) is 0 Å². The molecular formula is C16H21ClN2O2. The van der Waals surface area contributed by atoms with Crippen molar-refractivity contribution in [3.8, 4) is 0 Å². The van der Waals surface area contributed by atoms with Crippen LogP contribution < -0.4 is 11.3 Å². The number of nitrogens with two attached hydrogens (primary N) is 1. The fraction of sp³-hybridized carbons (Fsp3) is 0.500. The molecular weight excluding hydrogens is 288 g/mol. The molecule has 1 atom stereocenters. The van der Waals surface area contributed by atoms with E-state index in [9.17, 15) is 0 Å². The van der Waals surface area contributed by atoms with Gasteiger partial charge >= 0.3 is 0 Å². The summed E-state index contributed by atoms with van der Waals surface area (Å²) in [5.41, 5.74) is 3.45. The van der Waals surface area contributed by atoms with Crippen molar-refractivity contribution in [3.63, 3.8) is 0 Å². The second-order valence-corrected chi connectivity index (χ2v) is 6.07.